The number of nitrogens with zero attached hydrogens (tertiary/aromatic N) is 4. The third kappa shape index (κ3) is 71.4. The number of aromatic nitrogens is 5. The Balaban J connectivity index is -0.00000120. The van der Waals surface area contributed by atoms with Crippen LogP contribution < -0.4 is 27.4 Å². The van der Waals surface area contributed by atoms with E-state index < -0.39 is 42.4 Å². The molecular formula is C72H129N11O11S13. The average molecular weight is 1740 g/mol. The summed E-state index contributed by atoms with van der Waals surface area (Å²) < 4.78 is 0. The van der Waals surface area contributed by atoms with Gasteiger partial charge >= 0.3 is 11.9 Å². The predicted octanol–water partition coefficient (Wildman–Crippen LogP) is 17.3. The molecule has 3 aromatic rings. The van der Waals surface area contributed by atoms with Gasteiger partial charge in [-0.05, 0) is 115 Å². The van der Waals surface area contributed by atoms with Crippen LogP contribution in [0.5, 0.6) is 0 Å². The molecule has 0 bridgehead atoms. The zero-order chi connectivity index (χ0) is 83.0. The van der Waals surface area contributed by atoms with Crippen molar-refractivity contribution in [3.8, 4) is 0 Å². The van der Waals surface area contributed by atoms with Gasteiger partial charge in [-0.1, -0.05) is 249 Å². The Morgan fingerprint density at radius 2 is 0.972 bits per heavy atom. The number of nitrogens with two attached hydrogens (primary N) is 2. The zero-order valence-electron chi connectivity index (χ0n) is 67.9. The second kappa shape index (κ2) is 57.8. The van der Waals surface area contributed by atoms with Crippen LogP contribution in [-0.4, -0.2) is 193 Å². The molecule has 1 unspecified atom stereocenters. The van der Waals surface area contributed by atoms with Gasteiger partial charge in [0, 0.05) is 84.3 Å². The highest BCUT2D eigenvalue weighted by Crippen LogP contribution is 2.38. The number of H-pyrrole nitrogens is 2. The molecule has 35 heteroatoms. The molecule has 0 spiro atoms. The van der Waals surface area contributed by atoms with Gasteiger partial charge in [0.05, 0.1) is 42.4 Å². The lowest BCUT2D eigenvalue weighted by molar-refractivity contribution is -0.139. The van der Waals surface area contributed by atoms with E-state index in [-0.39, 0.29) is 81.5 Å². The van der Waals surface area contributed by atoms with E-state index in [2.05, 4.69) is 186 Å². The standard InChI is InChI=1S/C15H27N3O6S2.C11H21NO2S2.C11H19NO2S.C10H15NS2.C9H19NOS2.2C8H14N2S2/c1-15(2,3)8-26-25-7-10(13(22)17-6-12(20)21)18-11(19)5-4-9(16)14(23)24;1-8(13)10(12-9(2)14)6-15-16-7-11(3,4)5;1-5-12-9(13)6-8(10(12)14)15-7-11(2,3)4;1-10(2,3)8-12-13-9-6-4-5-7-11-9;1-7(11)8(10)5-12-13-6-9(2,3)4;2*1-8(2,3)5-11-12-7-4-9-6-10-7/h9-10H,4-8,16H2,1-3H3,(H,17,22)(H,18,19)(H,20,21)(H,23,24);10H,6-7H2,1-5H3,(H,12,14);8H,5-7H2,1-4H3;4-7H,8H2,1-3H3;8H,5-6,10H2,1-4H3;2*4,6H,5H2,1-3H3,(H,9,10)/t9-,10-;10-;;;8-;;/m00..0../s1. The number of carboxylic acid groups (broad SMARTS) is 2. The number of rotatable bonds is 35. The Kier molecular flexibility index (Phi) is 58.9. The van der Waals surface area contributed by atoms with Gasteiger partial charge in [0.1, 0.15) is 39.5 Å². The molecule has 1 aliphatic rings. The fraction of sp³-hybridized carbons (Fsp3) is 0.722. The van der Waals surface area contributed by atoms with E-state index in [0.29, 0.717) is 40.4 Å². The number of aromatic amines is 2. The number of Topliss-reactive ketones (excluding diaryl/α,β-unsaturated/α-hetero) is 2. The van der Waals surface area contributed by atoms with E-state index >= 15 is 0 Å². The molecule has 107 heavy (non-hydrogen) atoms. The summed E-state index contributed by atoms with van der Waals surface area (Å²) in [5.74, 6) is 5.31. The lowest BCUT2D eigenvalue weighted by Gasteiger charge is -2.20. The smallest absolute Gasteiger partial charge is 0.322 e. The normalized spacial score (nSPS) is 14.3. The molecule has 616 valence electrons. The summed E-state index contributed by atoms with van der Waals surface area (Å²) in [6.45, 7) is 52.3. The average Bonchev–Trinajstić information content (AvgIpc) is 1.69. The van der Waals surface area contributed by atoms with Crippen molar-refractivity contribution in [1.29, 1.82) is 0 Å². The minimum atomic E-state index is -1.21. The number of aliphatic carboxylic acids is 2. The van der Waals surface area contributed by atoms with Crippen LogP contribution in [0.4, 0.5) is 0 Å². The van der Waals surface area contributed by atoms with Crippen LogP contribution in [0.15, 0.2) is 64.5 Å². The third-order valence-corrected chi connectivity index (χ3v) is 30.3. The van der Waals surface area contributed by atoms with Gasteiger partial charge in [-0.15, -0.1) is 11.8 Å². The number of thioether (sulfide) groups is 1. The van der Waals surface area contributed by atoms with Crippen LogP contribution in [0.25, 0.3) is 0 Å². The molecule has 1 aliphatic heterocycles. The number of pyridine rings is 1. The number of likely N-dealkylation sites (tertiary alicyclic amines) is 1. The Hall–Kier alpha value is -2.13. The SMILES string of the molecule is CC(=O)N[C@@H](CSSCC(C)(C)C)C(C)=O.CC(=O)[C@@H](N)CSSCC(C)(C)C.CC(C)(C)CSSC[C@H](NC(=O)CC[C@H](N)C(=O)O)C(=O)NCC(=O)O.CC(C)(C)CSSc1ccccn1.CC(C)(C)CSSc1cnc[nH]1.CC(C)(C)CSSc1cnc[nH]1.CCN1C(=O)CC(SCC(C)(C)C)C1=O. The van der Waals surface area contributed by atoms with Crippen LogP contribution in [-0.2, 0) is 43.2 Å². The molecule has 0 saturated carbocycles. The van der Waals surface area contributed by atoms with Gasteiger partial charge in [-0.25, -0.2) is 15.0 Å². The maximum Gasteiger partial charge on any atom is 0.322 e. The number of ketones is 2. The number of nitrogens with one attached hydrogen (secondary N) is 5. The van der Waals surface area contributed by atoms with E-state index in [1.807, 2.05) is 76.1 Å². The maximum atomic E-state index is 12.1. The molecule has 5 amide bonds. The second-order valence-corrected chi connectivity index (χ2v) is 48.6. The number of carboxylic acids is 2. The zero-order valence-corrected chi connectivity index (χ0v) is 78.5. The van der Waals surface area contributed by atoms with Crippen molar-refractivity contribution < 1.29 is 53.4 Å². The van der Waals surface area contributed by atoms with Gasteiger partial charge in [0.15, 0.2) is 5.78 Å². The lowest BCUT2D eigenvalue weighted by atomic mass is 10.0. The Morgan fingerprint density at radius 1 is 0.551 bits per heavy atom. The van der Waals surface area contributed by atoms with Crippen molar-refractivity contribution in [1.82, 2.24) is 45.8 Å². The summed E-state index contributed by atoms with van der Waals surface area (Å²) in [4.78, 5) is 121. The number of hydrogen-bond donors (Lipinski definition) is 9. The number of amides is 5. The summed E-state index contributed by atoms with van der Waals surface area (Å²) in [7, 11) is 20.7. The molecule has 4 rings (SSSR count). The molecule has 5 atom stereocenters. The summed E-state index contributed by atoms with van der Waals surface area (Å²) in [5.41, 5.74) is 13.1. The quantitative estimate of drug-likeness (QED) is 0.0150. The first-order valence-corrected chi connectivity index (χ1v) is 50.3. The van der Waals surface area contributed by atoms with Gasteiger partial charge in [0.25, 0.3) is 0 Å². The number of carbonyl (C=O) groups is 9. The highest BCUT2D eigenvalue weighted by atomic mass is 33.1. The largest absolute Gasteiger partial charge is 0.480 e. The molecule has 22 nitrogen and oxygen atoms in total. The Labute approximate surface area is 693 Å². The van der Waals surface area contributed by atoms with Crippen LogP contribution in [0, 0.1) is 37.9 Å². The van der Waals surface area contributed by atoms with Crippen molar-refractivity contribution in [2.45, 2.75) is 237 Å². The Bertz CT molecular complexity index is 2900. The minimum Gasteiger partial charge on any atom is -0.480 e. The number of imide groups is 1. The highest BCUT2D eigenvalue weighted by molar-refractivity contribution is 8.78. The molecule has 4 heterocycles. The van der Waals surface area contributed by atoms with E-state index in [0.717, 1.165) is 61.1 Å². The Morgan fingerprint density at radius 3 is 1.32 bits per heavy atom. The van der Waals surface area contributed by atoms with Gasteiger partial charge in [-0.2, -0.15) is 0 Å². The van der Waals surface area contributed by atoms with Crippen molar-refractivity contribution in [2.24, 2.45) is 49.4 Å². The molecule has 3 aromatic heterocycles. The van der Waals surface area contributed by atoms with E-state index in [1.54, 1.807) is 118 Å². The van der Waals surface area contributed by atoms with Crippen LogP contribution in [0.3, 0.4) is 0 Å². The van der Waals surface area contributed by atoms with Crippen LogP contribution in [0.1, 0.15) is 192 Å². The number of imidazole rings is 2. The molecule has 1 saturated heterocycles. The van der Waals surface area contributed by atoms with Crippen LogP contribution in [0.2, 0.25) is 0 Å². The molecule has 0 aromatic carbocycles. The predicted molar refractivity (Wildman–Crippen MR) is 475 cm³/mol. The fourth-order valence-electron chi connectivity index (χ4n) is 6.02. The van der Waals surface area contributed by atoms with Gasteiger partial charge in [0.2, 0.25) is 29.5 Å². The second-order valence-electron chi connectivity index (χ2n) is 32.9. The molecule has 11 N–H and O–H groups in total. The molecule has 0 aliphatic carbocycles. The van der Waals surface area contributed by atoms with Gasteiger partial charge in [-0.3, -0.25) is 48.1 Å². The summed E-state index contributed by atoms with van der Waals surface area (Å²) in [5, 5.41) is 28.0. The van der Waals surface area contributed by atoms with Crippen molar-refractivity contribution in [2.75, 3.05) is 70.6 Å². The summed E-state index contributed by atoms with van der Waals surface area (Å²) in [6, 6.07) is 3.29. The van der Waals surface area contributed by atoms with Crippen molar-refractivity contribution in [3.05, 3.63) is 49.4 Å². The van der Waals surface area contributed by atoms with Crippen LogP contribution >= 0.6 is 141 Å². The minimum absolute atomic E-state index is 0.00301. The highest BCUT2D eigenvalue weighted by Gasteiger charge is 2.38. The molecular weight excluding hydrogens is 1610 g/mol. The number of carbonyl (C=O) groups excluding carboxylic acids is 7. The molecule has 1 fully saturated rings. The van der Waals surface area contributed by atoms with Crippen molar-refractivity contribution >= 4 is 194 Å². The van der Waals surface area contributed by atoms with E-state index in [9.17, 15) is 43.2 Å². The monoisotopic (exact) mass is 1740 g/mol. The molecule has 0 radical (unpaired) electrons. The first-order valence-electron chi connectivity index (χ1n) is 34.8. The number of hydrogen-bond acceptors (Lipinski definition) is 27. The fourth-order valence-corrected chi connectivity index (χ4v) is 24.1. The first kappa shape index (κ1) is 109. The topological polar surface area (TPSA) is 356 Å². The third-order valence-electron chi connectivity index (χ3n) is 11.6. The van der Waals surface area contributed by atoms with E-state index in [4.69, 9.17) is 21.7 Å². The summed E-state index contributed by atoms with van der Waals surface area (Å²) >= 11 is 1.61. The first-order chi connectivity index (χ1) is 49.1. The maximum absolute atomic E-state index is 12.1. The van der Waals surface area contributed by atoms with Crippen molar-refractivity contribution in [3.63, 3.8) is 0 Å². The van der Waals surface area contributed by atoms with E-state index in [1.165, 1.54) is 29.5 Å². The van der Waals surface area contributed by atoms with Gasteiger partial charge < -0.3 is 47.6 Å². The lowest BCUT2D eigenvalue weighted by Crippen LogP contribution is -2.49. The summed E-state index contributed by atoms with van der Waals surface area (Å²) in [6.07, 6.45) is 9.13.